The number of morpholine rings is 1. The van der Waals surface area contributed by atoms with Crippen molar-refractivity contribution in [2.75, 3.05) is 39.4 Å². The number of hydrogen-bond donors (Lipinski definition) is 0. The smallest absolute Gasteiger partial charge is 0.225 e. The first-order chi connectivity index (χ1) is 12.7. The van der Waals surface area contributed by atoms with E-state index in [4.69, 9.17) is 4.74 Å². The molecule has 140 valence electrons. The minimum absolute atomic E-state index is 0.270. The monoisotopic (exact) mass is 354 g/mol. The molecule has 2 aliphatic heterocycles. The Morgan fingerprint density at radius 3 is 2.54 bits per heavy atom. The lowest BCUT2D eigenvalue weighted by atomic mass is 9.73. The Labute approximate surface area is 156 Å². The Morgan fingerprint density at radius 1 is 1.12 bits per heavy atom. The summed E-state index contributed by atoms with van der Waals surface area (Å²) in [4.78, 5) is 17.3. The molecule has 1 atom stereocenters. The number of amides is 1. The van der Waals surface area contributed by atoms with Crippen molar-refractivity contribution in [1.82, 2.24) is 9.80 Å². The zero-order valence-corrected chi connectivity index (χ0v) is 15.9. The van der Waals surface area contributed by atoms with Crippen LogP contribution in [0.4, 0.5) is 0 Å². The van der Waals surface area contributed by atoms with Gasteiger partial charge in [0.1, 0.15) is 0 Å². The van der Waals surface area contributed by atoms with Crippen molar-refractivity contribution in [2.24, 2.45) is 5.92 Å². The van der Waals surface area contributed by atoms with E-state index >= 15 is 0 Å². The summed E-state index contributed by atoms with van der Waals surface area (Å²) in [7, 11) is 0. The number of aryl methyl sites for hydroxylation is 1. The van der Waals surface area contributed by atoms with Crippen LogP contribution in [0.25, 0.3) is 0 Å². The molecule has 4 heteroatoms. The number of nitrogens with zero attached hydrogens (tertiary/aromatic N) is 2. The second-order valence-electron chi connectivity index (χ2n) is 8.84. The molecule has 5 rings (SSSR count). The summed E-state index contributed by atoms with van der Waals surface area (Å²) in [5, 5.41) is 0. The molecule has 0 bridgehead atoms. The summed E-state index contributed by atoms with van der Waals surface area (Å²) in [6.07, 6.45) is 5.70. The fourth-order valence-electron chi connectivity index (χ4n) is 5.46. The van der Waals surface area contributed by atoms with E-state index in [1.54, 1.807) is 11.1 Å². The maximum atomic E-state index is 12.5. The van der Waals surface area contributed by atoms with Crippen LogP contribution in [0.2, 0.25) is 0 Å². The van der Waals surface area contributed by atoms with E-state index in [0.717, 1.165) is 65.1 Å². The first-order valence-corrected chi connectivity index (χ1v) is 10.4. The summed E-state index contributed by atoms with van der Waals surface area (Å²) < 4.78 is 5.59. The van der Waals surface area contributed by atoms with Gasteiger partial charge in [-0.15, -0.1) is 0 Å². The van der Waals surface area contributed by atoms with Crippen LogP contribution in [0.5, 0.6) is 0 Å². The van der Waals surface area contributed by atoms with Gasteiger partial charge in [0.05, 0.1) is 13.2 Å². The number of benzene rings is 1. The van der Waals surface area contributed by atoms with E-state index in [-0.39, 0.29) is 5.41 Å². The highest BCUT2D eigenvalue weighted by molar-refractivity contribution is 5.81. The first-order valence-electron chi connectivity index (χ1n) is 10.4. The number of carbonyl (C=O) groups excluding carboxylic acids is 1. The highest BCUT2D eigenvalue weighted by Gasteiger charge is 2.48. The van der Waals surface area contributed by atoms with Crippen LogP contribution in [0.1, 0.15) is 54.8 Å². The van der Waals surface area contributed by atoms with E-state index in [2.05, 4.69) is 34.9 Å². The van der Waals surface area contributed by atoms with Crippen molar-refractivity contribution in [3.05, 3.63) is 34.9 Å². The molecule has 1 aromatic carbocycles. The molecule has 1 spiro atoms. The summed E-state index contributed by atoms with van der Waals surface area (Å²) in [5.74, 6) is 0.773. The summed E-state index contributed by atoms with van der Waals surface area (Å²) in [6, 6.07) is 7.62. The lowest BCUT2D eigenvalue weighted by Crippen LogP contribution is -2.45. The van der Waals surface area contributed by atoms with E-state index in [0.29, 0.717) is 17.9 Å². The molecule has 1 unspecified atom stereocenters. The van der Waals surface area contributed by atoms with Gasteiger partial charge in [0.25, 0.3) is 0 Å². The van der Waals surface area contributed by atoms with Gasteiger partial charge in [0.2, 0.25) is 5.91 Å². The number of likely N-dealkylation sites (tertiary alicyclic amines) is 1. The van der Waals surface area contributed by atoms with Gasteiger partial charge in [-0.3, -0.25) is 9.69 Å². The molecule has 0 aromatic heterocycles. The Hall–Kier alpha value is -1.39. The molecule has 2 heterocycles. The molecule has 2 aliphatic carbocycles. The zero-order valence-electron chi connectivity index (χ0n) is 15.9. The molecule has 0 radical (unpaired) electrons. The topological polar surface area (TPSA) is 32.8 Å². The molecule has 26 heavy (non-hydrogen) atoms. The fourth-order valence-corrected chi connectivity index (χ4v) is 5.46. The van der Waals surface area contributed by atoms with Gasteiger partial charge in [-0.1, -0.05) is 23.8 Å². The summed E-state index contributed by atoms with van der Waals surface area (Å²) in [5.41, 5.74) is 4.75. The van der Waals surface area contributed by atoms with E-state index in [1.165, 1.54) is 12.0 Å². The van der Waals surface area contributed by atoms with Gasteiger partial charge in [-0.05, 0) is 50.2 Å². The second kappa shape index (κ2) is 6.35. The molecule has 0 N–H and O–H groups in total. The molecule has 3 fully saturated rings. The number of rotatable bonds is 2. The number of ether oxygens (including phenoxy) is 1. The van der Waals surface area contributed by atoms with Gasteiger partial charge in [0.15, 0.2) is 0 Å². The molecular formula is C22H30N2O2. The van der Waals surface area contributed by atoms with Crippen molar-refractivity contribution in [1.29, 1.82) is 0 Å². The predicted octanol–water partition coefficient (Wildman–Crippen LogP) is 3.04. The Balaban J connectivity index is 1.40. The minimum Gasteiger partial charge on any atom is -0.379 e. The lowest BCUT2D eigenvalue weighted by Gasteiger charge is -2.41. The molecule has 4 aliphatic rings. The average Bonchev–Trinajstić information content (AvgIpc) is 3.48. The average molecular weight is 354 g/mol. The van der Waals surface area contributed by atoms with Gasteiger partial charge >= 0.3 is 0 Å². The van der Waals surface area contributed by atoms with Crippen LogP contribution in [0.3, 0.4) is 0 Å². The number of hydrogen-bond acceptors (Lipinski definition) is 3. The number of carbonyl (C=O) groups is 1. The van der Waals surface area contributed by atoms with Crippen LogP contribution in [0.15, 0.2) is 18.2 Å². The Morgan fingerprint density at radius 2 is 1.85 bits per heavy atom. The van der Waals surface area contributed by atoms with Gasteiger partial charge in [-0.25, -0.2) is 0 Å². The van der Waals surface area contributed by atoms with Crippen molar-refractivity contribution < 1.29 is 9.53 Å². The van der Waals surface area contributed by atoms with Crippen molar-refractivity contribution in [3.63, 3.8) is 0 Å². The van der Waals surface area contributed by atoms with Crippen LogP contribution in [-0.2, 0) is 14.9 Å². The third-order valence-electron chi connectivity index (χ3n) is 7.17. The molecule has 4 nitrogen and oxygen atoms in total. The Kier molecular flexibility index (Phi) is 4.09. The molecule has 1 saturated carbocycles. The van der Waals surface area contributed by atoms with Crippen LogP contribution < -0.4 is 0 Å². The third kappa shape index (κ3) is 2.78. The summed E-state index contributed by atoms with van der Waals surface area (Å²) in [6.45, 7) is 7.89. The third-order valence-corrected chi connectivity index (χ3v) is 7.17. The van der Waals surface area contributed by atoms with E-state index in [1.807, 2.05) is 0 Å². The maximum absolute atomic E-state index is 12.5. The number of fused-ring (bicyclic) bond motifs is 2. The highest BCUT2D eigenvalue weighted by atomic mass is 16.5. The van der Waals surface area contributed by atoms with Gasteiger partial charge in [0, 0.05) is 43.6 Å². The van der Waals surface area contributed by atoms with Crippen LogP contribution >= 0.6 is 0 Å². The quantitative estimate of drug-likeness (QED) is 0.818. The van der Waals surface area contributed by atoms with E-state index in [9.17, 15) is 4.79 Å². The molecular weight excluding hydrogens is 324 g/mol. The zero-order chi connectivity index (χ0) is 17.7. The lowest BCUT2D eigenvalue weighted by molar-refractivity contribution is -0.134. The largest absolute Gasteiger partial charge is 0.379 e. The van der Waals surface area contributed by atoms with Gasteiger partial charge in [-0.2, -0.15) is 0 Å². The normalized spacial score (nSPS) is 28.3. The highest BCUT2D eigenvalue weighted by Crippen LogP contribution is 2.53. The van der Waals surface area contributed by atoms with Crippen LogP contribution in [0, 0.1) is 12.8 Å². The Bertz CT molecular complexity index is 698. The van der Waals surface area contributed by atoms with E-state index < -0.39 is 0 Å². The van der Waals surface area contributed by atoms with Gasteiger partial charge < -0.3 is 9.64 Å². The maximum Gasteiger partial charge on any atom is 0.225 e. The van der Waals surface area contributed by atoms with Crippen molar-refractivity contribution in [2.45, 2.75) is 50.5 Å². The van der Waals surface area contributed by atoms with Crippen molar-refractivity contribution >= 4 is 5.91 Å². The van der Waals surface area contributed by atoms with Crippen molar-refractivity contribution in [3.8, 4) is 0 Å². The molecule has 1 aromatic rings. The minimum atomic E-state index is 0.270. The standard InChI is InChI=1S/C22H30N2O2/c1-16-2-5-19-18(14-16)20(23-10-12-26-13-11-23)15-22(19)6-8-24(9-7-22)21(25)17-3-4-17/h2,5,14,17,20H,3-4,6-13,15H2,1H3. The molecule has 2 saturated heterocycles. The second-order valence-corrected chi connectivity index (χ2v) is 8.84. The summed E-state index contributed by atoms with van der Waals surface area (Å²) >= 11 is 0. The number of piperidine rings is 1. The van der Waals surface area contributed by atoms with Crippen LogP contribution in [-0.4, -0.2) is 55.1 Å². The molecule has 1 amide bonds. The SMILES string of the molecule is Cc1ccc2c(c1)C(N1CCOCC1)CC21CCN(C(=O)C2CC2)CC1. The predicted molar refractivity (Wildman–Crippen MR) is 101 cm³/mol. The fraction of sp³-hybridized carbons (Fsp3) is 0.682. The first kappa shape index (κ1) is 16.8.